The molecule has 1 aliphatic heterocycles. The lowest BCUT2D eigenvalue weighted by atomic mass is 9.82. The van der Waals surface area contributed by atoms with Crippen LogP contribution in [0.15, 0.2) is 88.3 Å². The number of hydrogen-bond donors (Lipinski definition) is 3. The number of benzene rings is 3. The molecule has 7 nitrogen and oxygen atoms in total. The summed E-state index contributed by atoms with van der Waals surface area (Å²) in [6.07, 6.45) is 6.46. The third-order valence-electron chi connectivity index (χ3n) is 7.84. The minimum Gasteiger partial charge on any atom is -0.494 e. The second-order valence-corrected chi connectivity index (χ2v) is 11.8. The molecular formula is C33H38BrN3O4. The zero-order valence-electron chi connectivity index (χ0n) is 23.2. The topological polar surface area (TPSA) is 92.2 Å². The Morgan fingerprint density at radius 3 is 2.44 bits per heavy atom. The van der Waals surface area contributed by atoms with Crippen LogP contribution in [0.2, 0.25) is 0 Å². The third-order valence-corrected chi connectivity index (χ3v) is 8.37. The van der Waals surface area contributed by atoms with Crippen LogP contribution >= 0.6 is 15.9 Å². The number of ether oxygens (including phenoxy) is 2. The second-order valence-electron chi connectivity index (χ2n) is 10.8. The zero-order valence-corrected chi connectivity index (χ0v) is 24.8. The van der Waals surface area contributed by atoms with Gasteiger partial charge in [0.1, 0.15) is 5.75 Å². The number of nitrogens with zero attached hydrogens (tertiary/aromatic N) is 1. The lowest BCUT2D eigenvalue weighted by Crippen LogP contribution is -2.54. The number of nitrogens with one attached hydrogen (secondary N) is 2. The summed E-state index contributed by atoms with van der Waals surface area (Å²) in [5.41, 5.74) is 7.67. The SMILES string of the molecule is O=C(NNCC1CCCCC1)[C@@]1(Cc2ccccc2)N=C(c2ccc(OCCCO)cc2)O[C@H]1c1ccc(Br)cc1. The fourth-order valence-electron chi connectivity index (χ4n) is 5.60. The smallest absolute Gasteiger partial charge is 0.266 e. The summed E-state index contributed by atoms with van der Waals surface area (Å²) in [5, 5.41) is 9.03. The van der Waals surface area contributed by atoms with Gasteiger partial charge >= 0.3 is 0 Å². The minimum atomic E-state index is -1.24. The molecule has 5 rings (SSSR count). The molecule has 1 amide bonds. The molecule has 0 aromatic heterocycles. The van der Waals surface area contributed by atoms with Crippen LogP contribution in [0.5, 0.6) is 5.75 Å². The second kappa shape index (κ2) is 14.1. The highest BCUT2D eigenvalue weighted by Gasteiger charge is 2.53. The van der Waals surface area contributed by atoms with Gasteiger partial charge in [-0.1, -0.05) is 77.7 Å². The predicted octanol–water partition coefficient (Wildman–Crippen LogP) is 5.91. The summed E-state index contributed by atoms with van der Waals surface area (Å²) >= 11 is 3.53. The Morgan fingerprint density at radius 2 is 1.73 bits per heavy atom. The first kappa shape index (κ1) is 29.3. The number of hydrogen-bond acceptors (Lipinski definition) is 6. The van der Waals surface area contributed by atoms with Crippen molar-refractivity contribution in [2.45, 2.75) is 56.6 Å². The normalized spacial score (nSPS) is 20.7. The number of carbonyl (C=O) groups excluding carboxylic acids is 1. The van der Waals surface area contributed by atoms with Crippen LogP contribution < -0.4 is 15.6 Å². The largest absolute Gasteiger partial charge is 0.494 e. The van der Waals surface area contributed by atoms with Crippen molar-refractivity contribution in [2.24, 2.45) is 10.9 Å². The molecule has 1 heterocycles. The Hall–Kier alpha value is -3.20. The van der Waals surface area contributed by atoms with Crippen molar-refractivity contribution in [3.05, 3.63) is 100 Å². The lowest BCUT2D eigenvalue weighted by Gasteiger charge is -2.31. The summed E-state index contributed by atoms with van der Waals surface area (Å²) < 4.78 is 13.2. The summed E-state index contributed by atoms with van der Waals surface area (Å²) in [6, 6.07) is 25.4. The first-order valence-electron chi connectivity index (χ1n) is 14.5. The first-order chi connectivity index (χ1) is 20.1. The number of carbonyl (C=O) groups is 1. The monoisotopic (exact) mass is 619 g/mol. The number of halogens is 1. The maximum atomic E-state index is 14.2. The van der Waals surface area contributed by atoms with Gasteiger partial charge in [-0.2, -0.15) is 0 Å². The maximum absolute atomic E-state index is 14.2. The molecule has 3 aromatic carbocycles. The molecule has 0 radical (unpaired) electrons. The van der Waals surface area contributed by atoms with E-state index in [-0.39, 0.29) is 12.5 Å². The minimum absolute atomic E-state index is 0.0846. The van der Waals surface area contributed by atoms with E-state index in [2.05, 4.69) is 26.8 Å². The van der Waals surface area contributed by atoms with Gasteiger partial charge in [0, 0.05) is 36.0 Å². The molecular weight excluding hydrogens is 582 g/mol. The van der Waals surface area contributed by atoms with E-state index in [1.807, 2.05) is 78.9 Å². The van der Waals surface area contributed by atoms with Crippen molar-refractivity contribution < 1.29 is 19.4 Å². The predicted molar refractivity (Wildman–Crippen MR) is 164 cm³/mol. The first-order valence-corrected chi connectivity index (χ1v) is 15.3. The van der Waals surface area contributed by atoms with Gasteiger partial charge in [-0.15, -0.1) is 0 Å². The van der Waals surface area contributed by atoms with Crippen LogP contribution in [-0.2, 0) is 16.0 Å². The molecule has 3 N–H and O–H groups in total. The van der Waals surface area contributed by atoms with E-state index in [1.165, 1.54) is 32.1 Å². The van der Waals surface area contributed by atoms with Gasteiger partial charge in [0.05, 0.1) is 6.61 Å². The Kier molecular flexibility index (Phi) is 10.1. The van der Waals surface area contributed by atoms with Crippen LogP contribution in [0.25, 0.3) is 0 Å². The van der Waals surface area contributed by atoms with Gasteiger partial charge in [-0.3, -0.25) is 10.2 Å². The van der Waals surface area contributed by atoms with Gasteiger partial charge in [0.2, 0.25) is 5.90 Å². The van der Waals surface area contributed by atoms with Crippen LogP contribution in [0.4, 0.5) is 0 Å². The molecule has 0 bridgehead atoms. The van der Waals surface area contributed by atoms with Gasteiger partial charge in [0.15, 0.2) is 11.6 Å². The Balaban J connectivity index is 1.47. The van der Waals surface area contributed by atoms with E-state index < -0.39 is 11.6 Å². The number of aliphatic hydroxyl groups excluding tert-OH is 1. The molecule has 1 saturated carbocycles. The number of amides is 1. The molecule has 216 valence electrons. The third kappa shape index (κ3) is 7.36. The number of aliphatic imine (C=N–C) groups is 1. The zero-order chi connectivity index (χ0) is 28.5. The lowest BCUT2D eigenvalue weighted by molar-refractivity contribution is -0.130. The van der Waals surface area contributed by atoms with Gasteiger partial charge < -0.3 is 14.6 Å². The van der Waals surface area contributed by atoms with Crippen LogP contribution in [-0.4, -0.2) is 42.2 Å². The molecule has 2 atom stereocenters. The highest BCUT2D eigenvalue weighted by Crippen LogP contribution is 2.42. The molecule has 2 aliphatic rings. The van der Waals surface area contributed by atoms with Crippen molar-refractivity contribution in [1.82, 2.24) is 10.9 Å². The average Bonchev–Trinajstić information content (AvgIpc) is 3.39. The summed E-state index contributed by atoms with van der Waals surface area (Å²) in [5.74, 6) is 1.46. The van der Waals surface area contributed by atoms with Crippen LogP contribution in [0.3, 0.4) is 0 Å². The number of aliphatic hydroxyl groups is 1. The molecule has 3 aromatic rings. The van der Waals surface area contributed by atoms with E-state index in [4.69, 9.17) is 19.6 Å². The van der Waals surface area contributed by atoms with Gasteiger partial charge in [0.25, 0.3) is 5.91 Å². The Bertz CT molecular complexity index is 1290. The molecule has 41 heavy (non-hydrogen) atoms. The molecule has 1 aliphatic carbocycles. The van der Waals surface area contributed by atoms with Gasteiger partial charge in [-0.25, -0.2) is 10.4 Å². The molecule has 1 fully saturated rings. The highest BCUT2D eigenvalue weighted by molar-refractivity contribution is 9.10. The highest BCUT2D eigenvalue weighted by atomic mass is 79.9. The van der Waals surface area contributed by atoms with E-state index in [0.29, 0.717) is 37.0 Å². The summed E-state index contributed by atoms with van der Waals surface area (Å²) in [6.45, 7) is 1.26. The molecule has 8 heteroatoms. The fraction of sp³-hybridized carbons (Fsp3) is 0.394. The summed E-state index contributed by atoms with van der Waals surface area (Å²) in [4.78, 5) is 19.3. The van der Waals surface area contributed by atoms with Crippen molar-refractivity contribution in [3.8, 4) is 5.75 Å². The Morgan fingerprint density at radius 1 is 1.00 bits per heavy atom. The van der Waals surface area contributed by atoms with Crippen molar-refractivity contribution in [1.29, 1.82) is 0 Å². The van der Waals surface area contributed by atoms with Crippen LogP contribution in [0.1, 0.15) is 61.3 Å². The van der Waals surface area contributed by atoms with Crippen molar-refractivity contribution >= 4 is 27.7 Å². The molecule has 0 saturated heterocycles. The van der Waals surface area contributed by atoms with Crippen molar-refractivity contribution in [3.63, 3.8) is 0 Å². The Labute approximate surface area is 250 Å². The maximum Gasteiger partial charge on any atom is 0.266 e. The number of rotatable bonds is 12. The number of hydrazine groups is 1. The molecule has 0 spiro atoms. The quantitative estimate of drug-likeness (QED) is 0.173. The standard InChI is InChI=1S/C33H38BrN3O4/c34-28-16-12-26(13-17-28)30-33(22-24-8-3-1-4-9-24,32(39)37-35-23-25-10-5-2-6-11-25)36-31(41-30)27-14-18-29(19-15-27)40-21-7-20-38/h1,3-4,8-9,12-19,25,30,35,38H,2,5-7,10-11,20-23H2,(H,37,39)/t30-,33-/m0/s1. The molecule has 0 unspecified atom stereocenters. The van der Waals surface area contributed by atoms with E-state index in [1.54, 1.807) is 0 Å². The van der Waals surface area contributed by atoms with E-state index in [9.17, 15) is 4.79 Å². The van der Waals surface area contributed by atoms with Crippen LogP contribution in [0, 0.1) is 5.92 Å². The fourth-order valence-corrected chi connectivity index (χ4v) is 5.87. The summed E-state index contributed by atoms with van der Waals surface area (Å²) in [7, 11) is 0. The average molecular weight is 621 g/mol. The van der Waals surface area contributed by atoms with Gasteiger partial charge in [-0.05, 0) is 66.3 Å². The van der Waals surface area contributed by atoms with Crippen molar-refractivity contribution in [2.75, 3.05) is 19.8 Å². The van der Waals surface area contributed by atoms with E-state index in [0.717, 1.165) is 27.7 Å². The van der Waals surface area contributed by atoms with E-state index >= 15 is 0 Å².